The summed E-state index contributed by atoms with van der Waals surface area (Å²) in [7, 11) is 0. The molecule has 0 radical (unpaired) electrons. The molecule has 0 fully saturated rings. The van der Waals surface area contributed by atoms with Gasteiger partial charge in [0.25, 0.3) is 0 Å². The number of aromatic amines is 2. The van der Waals surface area contributed by atoms with Gasteiger partial charge in [-0.1, -0.05) is 12.6 Å². The lowest BCUT2D eigenvalue weighted by atomic mass is 10.1. The summed E-state index contributed by atoms with van der Waals surface area (Å²) in [6.45, 7) is 3.46. The number of rotatable bonds is 3. The van der Waals surface area contributed by atoms with Gasteiger partial charge in [-0.2, -0.15) is 0 Å². The fourth-order valence-electron chi connectivity index (χ4n) is 1.51. The molecule has 0 amide bonds. The van der Waals surface area contributed by atoms with E-state index in [-0.39, 0.29) is 17.7 Å². The molecule has 0 aliphatic carbocycles. The van der Waals surface area contributed by atoms with Crippen LogP contribution in [-0.4, -0.2) is 21.0 Å². The average Bonchev–Trinajstić information content (AvgIpc) is 2.57. The molecule has 1 aromatic carbocycles. The zero-order valence-corrected chi connectivity index (χ0v) is 8.41. The maximum absolute atomic E-state index is 11.0. The normalized spacial score (nSPS) is 10.5. The fourth-order valence-corrected chi connectivity index (χ4v) is 1.51. The van der Waals surface area contributed by atoms with Gasteiger partial charge in [0.1, 0.15) is 0 Å². The van der Waals surface area contributed by atoms with Crippen LogP contribution in [0.25, 0.3) is 11.0 Å². The van der Waals surface area contributed by atoms with Gasteiger partial charge >= 0.3 is 11.7 Å². The van der Waals surface area contributed by atoms with Crippen molar-refractivity contribution in [2.24, 2.45) is 0 Å². The molecule has 0 bridgehead atoms. The van der Waals surface area contributed by atoms with Crippen LogP contribution in [0, 0.1) is 0 Å². The monoisotopic (exact) mass is 218 g/mol. The van der Waals surface area contributed by atoms with Crippen molar-refractivity contribution in [3.8, 4) is 0 Å². The van der Waals surface area contributed by atoms with Gasteiger partial charge in [0, 0.05) is 12.0 Å². The summed E-state index contributed by atoms with van der Waals surface area (Å²) in [6, 6.07) is 5.24. The highest BCUT2D eigenvalue weighted by atomic mass is 16.4. The van der Waals surface area contributed by atoms with E-state index in [4.69, 9.17) is 5.11 Å². The highest BCUT2D eigenvalue weighted by Crippen LogP contribution is 2.13. The quantitative estimate of drug-likeness (QED) is 0.673. The average molecular weight is 218 g/mol. The van der Waals surface area contributed by atoms with Gasteiger partial charge in [-0.15, -0.1) is 0 Å². The first-order valence-electron chi connectivity index (χ1n) is 4.68. The molecule has 1 heterocycles. The number of carboxylic acid groups (broad SMARTS) is 1. The summed E-state index contributed by atoms with van der Waals surface area (Å²) in [4.78, 5) is 26.8. The van der Waals surface area contributed by atoms with Crippen molar-refractivity contribution >= 4 is 17.0 Å². The lowest BCUT2D eigenvalue weighted by molar-refractivity contribution is -0.132. The predicted octanol–water partition coefficient (Wildman–Crippen LogP) is 1.04. The second-order valence-corrected chi connectivity index (χ2v) is 3.54. The second kappa shape index (κ2) is 3.69. The molecule has 82 valence electrons. The maximum Gasteiger partial charge on any atom is 0.331 e. The highest BCUT2D eigenvalue weighted by Gasteiger charge is 2.06. The Morgan fingerprint density at radius 3 is 2.69 bits per heavy atom. The number of nitrogens with one attached hydrogen (secondary N) is 2. The molecular weight excluding hydrogens is 208 g/mol. The molecule has 0 spiro atoms. The topological polar surface area (TPSA) is 86.0 Å². The van der Waals surface area contributed by atoms with E-state index in [9.17, 15) is 9.59 Å². The van der Waals surface area contributed by atoms with Gasteiger partial charge in [-0.25, -0.2) is 9.59 Å². The first-order chi connectivity index (χ1) is 7.56. The number of imidazole rings is 1. The summed E-state index contributed by atoms with van der Waals surface area (Å²) >= 11 is 0. The Hall–Kier alpha value is -2.30. The molecule has 1 aromatic heterocycles. The summed E-state index contributed by atoms with van der Waals surface area (Å²) in [5, 5.41) is 8.70. The molecule has 0 aliphatic heterocycles. The van der Waals surface area contributed by atoms with E-state index in [0.29, 0.717) is 11.0 Å². The van der Waals surface area contributed by atoms with E-state index in [0.717, 1.165) is 5.56 Å². The molecule has 0 saturated carbocycles. The number of H-pyrrole nitrogens is 2. The molecule has 16 heavy (non-hydrogen) atoms. The van der Waals surface area contributed by atoms with Crippen LogP contribution in [0.4, 0.5) is 0 Å². The number of aromatic nitrogens is 2. The summed E-state index contributed by atoms with van der Waals surface area (Å²) < 4.78 is 0. The van der Waals surface area contributed by atoms with Crippen LogP contribution in [-0.2, 0) is 11.2 Å². The minimum absolute atomic E-state index is 0.122. The van der Waals surface area contributed by atoms with Crippen LogP contribution in [0.1, 0.15) is 5.56 Å². The first-order valence-corrected chi connectivity index (χ1v) is 4.68. The van der Waals surface area contributed by atoms with Crippen LogP contribution in [0.15, 0.2) is 35.1 Å². The van der Waals surface area contributed by atoms with Crippen molar-refractivity contribution in [3.05, 3.63) is 46.4 Å². The SMILES string of the molecule is C=C(Cc1ccc2[nH]c(=O)[nH]c2c1)C(=O)O. The second-order valence-electron chi connectivity index (χ2n) is 3.54. The molecule has 2 rings (SSSR count). The Kier molecular flexibility index (Phi) is 2.36. The van der Waals surface area contributed by atoms with Crippen LogP contribution in [0.2, 0.25) is 0 Å². The Labute approximate surface area is 90.4 Å². The van der Waals surface area contributed by atoms with Crippen molar-refractivity contribution in [3.63, 3.8) is 0 Å². The number of benzene rings is 1. The molecule has 0 saturated heterocycles. The first kappa shape index (κ1) is 10.2. The molecule has 5 heteroatoms. The van der Waals surface area contributed by atoms with E-state index < -0.39 is 5.97 Å². The Balaban J connectivity index is 2.36. The third-order valence-electron chi connectivity index (χ3n) is 2.30. The number of aliphatic carboxylic acids is 1. The van der Waals surface area contributed by atoms with Crippen LogP contribution >= 0.6 is 0 Å². The molecule has 3 N–H and O–H groups in total. The highest BCUT2D eigenvalue weighted by molar-refractivity contribution is 5.86. The third-order valence-corrected chi connectivity index (χ3v) is 2.30. The molecule has 0 atom stereocenters. The van der Waals surface area contributed by atoms with Crippen molar-refractivity contribution in [2.45, 2.75) is 6.42 Å². The van der Waals surface area contributed by atoms with Crippen LogP contribution in [0.5, 0.6) is 0 Å². The van der Waals surface area contributed by atoms with E-state index in [2.05, 4.69) is 16.5 Å². The van der Waals surface area contributed by atoms with Crippen molar-refractivity contribution in [2.75, 3.05) is 0 Å². The van der Waals surface area contributed by atoms with E-state index in [1.165, 1.54) is 0 Å². The van der Waals surface area contributed by atoms with Gasteiger partial charge < -0.3 is 15.1 Å². The third kappa shape index (κ3) is 1.88. The number of hydrogen-bond donors (Lipinski definition) is 3. The van der Waals surface area contributed by atoms with Crippen molar-refractivity contribution in [1.29, 1.82) is 0 Å². The zero-order chi connectivity index (χ0) is 11.7. The van der Waals surface area contributed by atoms with Gasteiger partial charge in [0.2, 0.25) is 0 Å². The summed E-state index contributed by atoms with van der Waals surface area (Å²) in [5.41, 5.74) is 2.02. The van der Waals surface area contributed by atoms with Gasteiger partial charge in [0.05, 0.1) is 11.0 Å². The van der Waals surface area contributed by atoms with E-state index >= 15 is 0 Å². The number of hydrogen-bond acceptors (Lipinski definition) is 2. The van der Waals surface area contributed by atoms with Crippen molar-refractivity contribution < 1.29 is 9.90 Å². The van der Waals surface area contributed by atoms with Crippen LogP contribution < -0.4 is 5.69 Å². The summed E-state index contributed by atoms with van der Waals surface area (Å²) in [5.74, 6) is -1.01. The predicted molar refractivity (Wildman–Crippen MR) is 59.4 cm³/mol. The lowest BCUT2D eigenvalue weighted by Gasteiger charge is -2.00. The number of carboxylic acids is 1. The molecular formula is C11H10N2O3. The fraction of sp³-hybridized carbons (Fsp3) is 0.0909. The van der Waals surface area contributed by atoms with E-state index in [1.807, 2.05) is 0 Å². The molecule has 0 unspecified atom stereocenters. The zero-order valence-electron chi connectivity index (χ0n) is 8.41. The Morgan fingerprint density at radius 1 is 1.31 bits per heavy atom. The van der Waals surface area contributed by atoms with E-state index in [1.54, 1.807) is 18.2 Å². The Bertz CT molecular complexity index is 621. The smallest absolute Gasteiger partial charge is 0.331 e. The molecule has 2 aromatic rings. The summed E-state index contributed by atoms with van der Waals surface area (Å²) in [6.07, 6.45) is 0.262. The standard InChI is InChI=1S/C11H10N2O3/c1-6(10(14)15)4-7-2-3-8-9(5-7)13-11(16)12-8/h2-3,5H,1,4H2,(H,14,15)(H2,12,13,16). The van der Waals surface area contributed by atoms with Gasteiger partial charge in [-0.3, -0.25) is 0 Å². The minimum Gasteiger partial charge on any atom is -0.478 e. The molecule has 5 nitrogen and oxygen atoms in total. The van der Waals surface area contributed by atoms with Gasteiger partial charge in [0.15, 0.2) is 0 Å². The number of fused-ring (bicyclic) bond motifs is 1. The maximum atomic E-state index is 11.0. The molecule has 0 aliphatic rings. The largest absolute Gasteiger partial charge is 0.478 e. The lowest BCUT2D eigenvalue weighted by Crippen LogP contribution is -2.02. The Morgan fingerprint density at radius 2 is 2.00 bits per heavy atom. The minimum atomic E-state index is -1.01. The van der Waals surface area contributed by atoms with Gasteiger partial charge in [-0.05, 0) is 17.7 Å². The van der Waals surface area contributed by atoms with Crippen LogP contribution in [0.3, 0.4) is 0 Å². The van der Waals surface area contributed by atoms with Crippen molar-refractivity contribution in [1.82, 2.24) is 9.97 Å². The number of carbonyl (C=O) groups is 1.